The molecule has 0 spiro atoms. The molecule has 2 rings (SSSR count). The van der Waals surface area contributed by atoms with Crippen LogP contribution in [0.3, 0.4) is 0 Å². The van der Waals surface area contributed by atoms with Gasteiger partial charge in [0, 0.05) is 22.7 Å². The van der Waals surface area contributed by atoms with E-state index < -0.39 is 0 Å². The van der Waals surface area contributed by atoms with Crippen molar-refractivity contribution in [3.8, 4) is 0 Å². The molecule has 1 aromatic carbocycles. The summed E-state index contributed by atoms with van der Waals surface area (Å²) in [5, 5.41) is 9.05. The first-order valence-electron chi connectivity index (χ1n) is 7.33. The Morgan fingerprint density at radius 1 is 1.26 bits per heavy atom. The summed E-state index contributed by atoms with van der Waals surface area (Å²) in [7, 11) is 4.12. The maximum absolute atomic E-state index is 11.3. The van der Waals surface area contributed by atoms with E-state index in [9.17, 15) is 4.79 Å². The first kappa shape index (κ1) is 17.6. The Hall–Kier alpha value is -1.76. The third-order valence-corrected chi connectivity index (χ3v) is 4.72. The molecule has 23 heavy (non-hydrogen) atoms. The highest BCUT2D eigenvalue weighted by Crippen LogP contribution is 2.22. The number of hydrogen-bond acceptors (Lipinski definition) is 4. The highest BCUT2D eigenvalue weighted by Gasteiger charge is 2.15. The van der Waals surface area contributed by atoms with Gasteiger partial charge in [-0.1, -0.05) is 6.07 Å². The summed E-state index contributed by atoms with van der Waals surface area (Å²) >= 11 is 7.09. The number of hydrogen-bond donors (Lipinski definition) is 2. The van der Waals surface area contributed by atoms with E-state index in [0.717, 1.165) is 12.2 Å². The van der Waals surface area contributed by atoms with Crippen LogP contribution in [-0.4, -0.2) is 36.4 Å². The van der Waals surface area contributed by atoms with Gasteiger partial charge in [-0.15, -0.1) is 11.3 Å². The lowest BCUT2D eigenvalue weighted by Gasteiger charge is -2.24. The summed E-state index contributed by atoms with van der Waals surface area (Å²) < 4.78 is 0. The summed E-state index contributed by atoms with van der Waals surface area (Å²) in [6, 6.07) is 11.8. The third-order valence-electron chi connectivity index (χ3n) is 3.50. The molecular weight excluding hydrogens is 326 g/mol. The minimum absolute atomic E-state index is 0.0574. The maximum Gasteiger partial charge on any atom is 0.170 e. The molecule has 0 bridgehead atoms. The fraction of sp³-hybridized carbons (Fsp3) is 0.294. The van der Waals surface area contributed by atoms with E-state index in [1.807, 2.05) is 12.1 Å². The molecule has 4 nitrogen and oxygen atoms in total. The Morgan fingerprint density at radius 2 is 1.96 bits per heavy atom. The van der Waals surface area contributed by atoms with Crippen molar-refractivity contribution in [3.05, 3.63) is 52.2 Å². The zero-order valence-corrected chi connectivity index (χ0v) is 15.1. The topological polar surface area (TPSA) is 44.4 Å². The quantitative estimate of drug-likeness (QED) is 0.618. The number of likely N-dealkylation sites (N-methyl/N-ethyl adjacent to an activating group) is 1. The number of benzene rings is 1. The summed E-state index contributed by atoms with van der Waals surface area (Å²) in [5.41, 5.74) is 1.56. The minimum atomic E-state index is 0.0574. The lowest BCUT2D eigenvalue weighted by molar-refractivity contribution is 0.101. The number of thiophene rings is 1. The van der Waals surface area contributed by atoms with Gasteiger partial charge in [0.15, 0.2) is 10.9 Å². The summed E-state index contributed by atoms with van der Waals surface area (Å²) in [4.78, 5) is 14.7. The summed E-state index contributed by atoms with van der Waals surface area (Å²) in [6.07, 6.45) is 0. The van der Waals surface area contributed by atoms with Crippen molar-refractivity contribution >= 4 is 40.1 Å². The first-order valence-corrected chi connectivity index (χ1v) is 8.62. The number of nitrogens with zero attached hydrogens (tertiary/aromatic N) is 1. The number of Topliss-reactive ketones (excluding diaryl/α,β-unsaturated/α-hetero) is 1. The second kappa shape index (κ2) is 8.19. The second-order valence-corrected chi connectivity index (χ2v) is 6.85. The fourth-order valence-corrected chi connectivity index (χ4v) is 3.30. The van der Waals surface area contributed by atoms with Crippen molar-refractivity contribution in [1.82, 2.24) is 10.2 Å². The van der Waals surface area contributed by atoms with Gasteiger partial charge < -0.3 is 15.5 Å². The average molecular weight is 348 g/mol. The van der Waals surface area contributed by atoms with Gasteiger partial charge in [0.25, 0.3) is 0 Å². The predicted molar refractivity (Wildman–Crippen MR) is 101 cm³/mol. The first-order chi connectivity index (χ1) is 11.0. The Balaban J connectivity index is 1.90. The summed E-state index contributed by atoms with van der Waals surface area (Å²) in [6.45, 7) is 2.28. The molecule has 0 saturated heterocycles. The van der Waals surface area contributed by atoms with Crippen molar-refractivity contribution < 1.29 is 4.79 Å². The SMILES string of the molecule is CC(=O)c1ccc(NC(=S)NC[C@H](c2cccs2)N(C)C)cc1. The van der Waals surface area contributed by atoms with E-state index >= 15 is 0 Å². The number of anilines is 1. The van der Waals surface area contributed by atoms with Gasteiger partial charge in [0.2, 0.25) is 0 Å². The Labute approximate surface area is 146 Å². The lowest BCUT2D eigenvalue weighted by atomic mass is 10.1. The molecule has 2 aromatic rings. The maximum atomic E-state index is 11.3. The molecule has 6 heteroatoms. The van der Waals surface area contributed by atoms with Crippen LogP contribution in [-0.2, 0) is 0 Å². The van der Waals surface area contributed by atoms with Crippen LogP contribution in [0.5, 0.6) is 0 Å². The smallest absolute Gasteiger partial charge is 0.170 e. The number of rotatable bonds is 6. The molecule has 0 saturated carbocycles. The average Bonchev–Trinajstić information content (AvgIpc) is 3.01. The highest BCUT2D eigenvalue weighted by atomic mass is 32.1. The van der Waals surface area contributed by atoms with Crippen LogP contribution < -0.4 is 10.6 Å². The third kappa shape index (κ3) is 5.13. The molecule has 0 aliphatic heterocycles. The Bertz CT molecular complexity index is 651. The minimum Gasteiger partial charge on any atom is -0.360 e. The molecule has 0 unspecified atom stereocenters. The molecule has 1 aromatic heterocycles. The fourth-order valence-electron chi connectivity index (χ4n) is 2.17. The molecule has 0 amide bonds. The van der Waals surface area contributed by atoms with E-state index in [4.69, 9.17) is 12.2 Å². The summed E-state index contributed by atoms with van der Waals surface area (Å²) in [5.74, 6) is 0.0574. The lowest BCUT2D eigenvalue weighted by Crippen LogP contribution is -2.36. The number of carbonyl (C=O) groups excluding carboxylic acids is 1. The van der Waals surface area contributed by atoms with Crippen molar-refractivity contribution in [3.63, 3.8) is 0 Å². The zero-order valence-electron chi connectivity index (χ0n) is 13.5. The Kier molecular flexibility index (Phi) is 6.27. The zero-order chi connectivity index (χ0) is 16.8. The van der Waals surface area contributed by atoms with Crippen molar-refractivity contribution in [2.45, 2.75) is 13.0 Å². The molecule has 0 fully saturated rings. The van der Waals surface area contributed by atoms with Crippen molar-refractivity contribution in [2.24, 2.45) is 0 Å². The van der Waals surface area contributed by atoms with Crippen LogP contribution in [0.15, 0.2) is 41.8 Å². The largest absolute Gasteiger partial charge is 0.360 e. The molecule has 0 aliphatic carbocycles. The van der Waals surface area contributed by atoms with Crippen LogP contribution in [0.25, 0.3) is 0 Å². The van der Waals surface area contributed by atoms with E-state index in [1.165, 1.54) is 4.88 Å². The molecule has 1 heterocycles. The van der Waals surface area contributed by atoms with Gasteiger partial charge in [-0.2, -0.15) is 0 Å². The van der Waals surface area contributed by atoms with Crippen LogP contribution in [0, 0.1) is 0 Å². The van der Waals surface area contributed by atoms with Crippen LogP contribution in [0.2, 0.25) is 0 Å². The van der Waals surface area contributed by atoms with Crippen LogP contribution in [0.4, 0.5) is 5.69 Å². The van der Waals surface area contributed by atoms with Gasteiger partial charge in [-0.25, -0.2) is 0 Å². The molecule has 0 aliphatic rings. The number of ketones is 1. The predicted octanol–water partition coefficient (Wildman–Crippen LogP) is 3.54. The van der Waals surface area contributed by atoms with Gasteiger partial charge in [-0.3, -0.25) is 4.79 Å². The van der Waals surface area contributed by atoms with Gasteiger partial charge in [0.05, 0.1) is 6.04 Å². The van der Waals surface area contributed by atoms with E-state index in [1.54, 1.807) is 30.4 Å². The van der Waals surface area contributed by atoms with Gasteiger partial charge in [0.1, 0.15) is 0 Å². The molecule has 0 radical (unpaired) electrons. The number of carbonyl (C=O) groups is 1. The van der Waals surface area contributed by atoms with Crippen LogP contribution in [0.1, 0.15) is 28.2 Å². The standard InChI is InChI=1S/C17H21N3OS2/c1-12(21)13-6-8-14(9-7-13)19-17(22)18-11-15(20(2)3)16-5-4-10-23-16/h4-10,15H,11H2,1-3H3,(H2,18,19,22)/t15-/m1/s1. The van der Waals surface area contributed by atoms with E-state index in [0.29, 0.717) is 10.7 Å². The number of nitrogens with one attached hydrogen (secondary N) is 2. The van der Waals surface area contributed by atoms with Crippen molar-refractivity contribution in [2.75, 3.05) is 26.0 Å². The molecule has 1 atom stereocenters. The molecular formula is C17H21N3OS2. The number of thiocarbonyl (C=S) groups is 1. The van der Waals surface area contributed by atoms with E-state index in [2.05, 4.69) is 47.1 Å². The van der Waals surface area contributed by atoms with Crippen molar-refractivity contribution in [1.29, 1.82) is 0 Å². The second-order valence-electron chi connectivity index (χ2n) is 5.46. The molecule has 2 N–H and O–H groups in total. The van der Waals surface area contributed by atoms with E-state index in [-0.39, 0.29) is 11.8 Å². The monoisotopic (exact) mass is 347 g/mol. The normalized spacial score (nSPS) is 12.0. The van der Waals surface area contributed by atoms with Gasteiger partial charge in [-0.05, 0) is 68.9 Å². The Morgan fingerprint density at radius 3 is 2.48 bits per heavy atom. The van der Waals surface area contributed by atoms with Gasteiger partial charge >= 0.3 is 0 Å². The molecule has 122 valence electrons. The highest BCUT2D eigenvalue weighted by molar-refractivity contribution is 7.80. The van der Waals surface area contributed by atoms with Crippen LogP contribution >= 0.6 is 23.6 Å².